The predicted molar refractivity (Wildman–Crippen MR) is 79.4 cm³/mol. The maximum atomic E-state index is 9.33. The first-order chi connectivity index (χ1) is 9.19. The average molecular weight is 255 g/mol. The second-order valence-electron chi connectivity index (χ2n) is 4.89. The zero-order chi connectivity index (χ0) is 13.7. The summed E-state index contributed by atoms with van der Waals surface area (Å²) in [6, 6.07) is 16.4. The molecule has 1 atom stereocenters. The van der Waals surface area contributed by atoms with Gasteiger partial charge in [0.2, 0.25) is 0 Å². The largest absolute Gasteiger partial charge is 0.508 e. The third kappa shape index (κ3) is 3.83. The fourth-order valence-corrected chi connectivity index (χ4v) is 2.31. The Bertz CT molecular complexity index is 519. The molecule has 0 saturated carbocycles. The van der Waals surface area contributed by atoms with Crippen LogP contribution in [0.5, 0.6) is 5.75 Å². The molecule has 1 unspecified atom stereocenters. The van der Waals surface area contributed by atoms with E-state index in [0.717, 1.165) is 13.0 Å². The lowest BCUT2D eigenvalue weighted by Gasteiger charge is -2.19. The summed E-state index contributed by atoms with van der Waals surface area (Å²) in [4.78, 5) is 0. The zero-order valence-corrected chi connectivity index (χ0v) is 11.6. The van der Waals surface area contributed by atoms with Crippen molar-refractivity contribution in [1.82, 2.24) is 5.32 Å². The summed E-state index contributed by atoms with van der Waals surface area (Å²) in [6.45, 7) is 5.18. The van der Waals surface area contributed by atoms with E-state index in [1.165, 1.54) is 16.7 Å². The normalized spacial score (nSPS) is 12.3. The monoisotopic (exact) mass is 255 g/mol. The summed E-state index contributed by atoms with van der Waals surface area (Å²) >= 11 is 0. The number of hydrogen-bond donors (Lipinski definition) is 2. The molecular weight excluding hydrogens is 234 g/mol. The first-order valence-corrected chi connectivity index (χ1v) is 6.77. The molecule has 2 N–H and O–H groups in total. The molecule has 0 heterocycles. The molecule has 0 aromatic heterocycles. The fraction of sp³-hybridized carbons (Fsp3) is 0.294. The molecule has 0 fully saturated rings. The molecule has 0 spiro atoms. The number of nitrogens with one attached hydrogen (secondary N) is 1. The van der Waals surface area contributed by atoms with E-state index < -0.39 is 0 Å². The van der Waals surface area contributed by atoms with Crippen molar-refractivity contribution in [2.24, 2.45) is 0 Å². The van der Waals surface area contributed by atoms with E-state index in [1.54, 1.807) is 12.1 Å². The lowest BCUT2D eigenvalue weighted by atomic mass is 9.97. The van der Waals surface area contributed by atoms with Crippen LogP contribution >= 0.6 is 0 Å². The minimum Gasteiger partial charge on any atom is -0.508 e. The van der Waals surface area contributed by atoms with Gasteiger partial charge in [-0.05, 0) is 43.1 Å². The quantitative estimate of drug-likeness (QED) is 0.855. The molecule has 2 nitrogen and oxygen atoms in total. The number of benzene rings is 2. The molecule has 0 radical (unpaired) electrons. The highest BCUT2D eigenvalue weighted by molar-refractivity contribution is 5.30. The summed E-state index contributed by atoms with van der Waals surface area (Å²) in [6.07, 6.45) is 0.928. The number of aryl methyl sites for hydroxylation is 1. The number of phenols is 1. The molecule has 0 amide bonds. The molecule has 2 aromatic carbocycles. The summed E-state index contributed by atoms with van der Waals surface area (Å²) in [5.74, 6) is 0.319. The van der Waals surface area contributed by atoms with E-state index >= 15 is 0 Å². The molecule has 0 aliphatic rings. The van der Waals surface area contributed by atoms with Gasteiger partial charge in [0.1, 0.15) is 5.75 Å². The minimum absolute atomic E-state index is 0.314. The Morgan fingerprint density at radius 1 is 1.11 bits per heavy atom. The molecule has 2 heteroatoms. The maximum absolute atomic E-state index is 9.33. The summed E-state index contributed by atoms with van der Waals surface area (Å²) < 4.78 is 0. The summed E-state index contributed by atoms with van der Waals surface area (Å²) in [7, 11) is 0. The smallest absolute Gasteiger partial charge is 0.115 e. The van der Waals surface area contributed by atoms with Gasteiger partial charge >= 0.3 is 0 Å². The lowest BCUT2D eigenvalue weighted by molar-refractivity contribution is 0.474. The van der Waals surface area contributed by atoms with Gasteiger partial charge in [-0.15, -0.1) is 0 Å². The van der Waals surface area contributed by atoms with E-state index in [1.807, 2.05) is 12.1 Å². The van der Waals surface area contributed by atoms with Crippen molar-refractivity contribution in [3.05, 3.63) is 65.2 Å². The fourth-order valence-electron chi connectivity index (χ4n) is 2.31. The van der Waals surface area contributed by atoms with Crippen molar-refractivity contribution in [1.29, 1.82) is 0 Å². The summed E-state index contributed by atoms with van der Waals surface area (Å²) in [5.41, 5.74) is 3.83. The van der Waals surface area contributed by atoms with Crippen LogP contribution < -0.4 is 5.32 Å². The lowest BCUT2D eigenvalue weighted by Crippen LogP contribution is -2.23. The van der Waals surface area contributed by atoms with Crippen LogP contribution in [0.4, 0.5) is 0 Å². The molecule has 0 aliphatic carbocycles. The van der Waals surface area contributed by atoms with Gasteiger partial charge in [-0.1, -0.05) is 48.9 Å². The van der Waals surface area contributed by atoms with Gasteiger partial charge in [-0.25, -0.2) is 0 Å². The van der Waals surface area contributed by atoms with Gasteiger partial charge in [0.25, 0.3) is 0 Å². The van der Waals surface area contributed by atoms with Crippen LogP contribution in [0, 0.1) is 6.92 Å². The van der Waals surface area contributed by atoms with E-state index in [9.17, 15) is 5.11 Å². The Morgan fingerprint density at radius 2 is 1.84 bits per heavy atom. The minimum atomic E-state index is 0.314. The van der Waals surface area contributed by atoms with E-state index in [-0.39, 0.29) is 0 Å². The topological polar surface area (TPSA) is 32.3 Å². The SMILES string of the molecule is CCNC(Cc1ccc(O)cc1)c1cccc(C)c1. The Morgan fingerprint density at radius 3 is 2.47 bits per heavy atom. The van der Waals surface area contributed by atoms with Crippen molar-refractivity contribution in [2.45, 2.75) is 26.3 Å². The van der Waals surface area contributed by atoms with Gasteiger partial charge in [-0.2, -0.15) is 0 Å². The average Bonchev–Trinajstić information content (AvgIpc) is 2.41. The van der Waals surface area contributed by atoms with Crippen LogP contribution in [0.15, 0.2) is 48.5 Å². The third-order valence-corrected chi connectivity index (χ3v) is 3.27. The standard InChI is InChI=1S/C17H21NO/c1-3-18-17(15-6-4-5-13(2)11-15)12-14-7-9-16(19)10-8-14/h4-11,17-19H,3,12H2,1-2H3. The van der Waals surface area contributed by atoms with E-state index in [4.69, 9.17) is 0 Å². The molecule has 0 saturated heterocycles. The third-order valence-electron chi connectivity index (χ3n) is 3.27. The highest BCUT2D eigenvalue weighted by Crippen LogP contribution is 2.20. The van der Waals surface area contributed by atoms with E-state index in [0.29, 0.717) is 11.8 Å². The van der Waals surface area contributed by atoms with Gasteiger partial charge in [0, 0.05) is 6.04 Å². The molecule has 2 aromatic rings. The molecule has 2 rings (SSSR count). The number of likely N-dealkylation sites (N-methyl/N-ethyl adjacent to an activating group) is 1. The van der Waals surface area contributed by atoms with Crippen molar-refractivity contribution < 1.29 is 5.11 Å². The van der Waals surface area contributed by atoms with Crippen molar-refractivity contribution in [2.75, 3.05) is 6.54 Å². The molecule has 0 aliphatic heterocycles. The first kappa shape index (κ1) is 13.6. The number of phenolic OH excluding ortho intramolecular Hbond substituents is 1. The highest BCUT2D eigenvalue weighted by Gasteiger charge is 2.11. The number of aromatic hydroxyl groups is 1. The Hall–Kier alpha value is -1.80. The van der Waals surface area contributed by atoms with Crippen molar-refractivity contribution in [3.8, 4) is 5.75 Å². The number of rotatable bonds is 5. The van der Waals surface area contributed by atoms with Crippen LogP contribution in [0.25, 0.3) is 0 Å². The zero-order valence-electron chi connectivity index (χ0n) is 11.6. The molecule has 19 heavy (non-hydrogen) atoms. The van der Waals surface area contributed by atoms with Crippen molar-refractivity contribution >= 4 is 0 Å². The Balaban J connectivity index is 2.18. The first-order valence-electron chi connectivity index (χ1n) is 6.77. The molecular formula is C17H21NO. The van der Waals surface area contributed by atoms with Crippen LogP contribution in [-0.2, 0) is 6.42 Å². The second-order valence-corrected chi connectivity index (χ2v) is 4.89. The maximum Gasteiger partial charge on any atom is 0.115 e. The summed E-state index contributed by atoms with van der Waals surface area (Å²) in [5, 5.41) is 12.9. The molecule has 0 bridgehead atoms. The van der Waals surface area contributed by atoms with Crippen LogP contribution in [0.3, 0.4) is 0 Å². The molecule has 100 valence electrons. The Labute approximate surface area is 115 Å². The second kappa shape index (κ2) is 6.39. The highest BCUT2D eigenvalue weighted by atomic mass is 16.3. The van der Waals surface area contributed by atoms with Gasteiger partial charge in [0.15, 0.2) is 0 Å². The van der Waals surface area contributed by atoms with Crippen LogP contribution in [0.1, 0.15) is 29.7 Å². The van der Waals surface area contributed by atoms with E-state index in [2.05, 4.69) is 43.4 Å². The van der Waals surface area contributed by atoms with Gasteiger partial charge < -0.3 is 10.4 Å². The van der Waals surface area contributed by atoms with Crippen LogP contribution in [0.2, 0.25) is 0 Å². The van der Waals surface area contributed by atoms with Crippen LogP contribution in [-0.4, -0.2) is 11.7 Å². The number of hydrogen-bond acceptors (Lipinski definition) is 2. The van der Waals surface area contributed by atoms with Crippen molar-refractivity contribution in [3.63, 3.8) is 0 Å². The van der Waals surface area contributed by atoms with Gasteiger partial charge in [-0.3, -0.25) is 0 Å². The predicted octanol–water partition coefficient (Wildman–Crippen LogP) is 3.59. The Kier molecular flexibility index (Phi) is 4.58. The van der Waals surface area contributed by atoms with Gasteiger partial charge in [0.05, 0.1) is 0 Å².